The minimum atomic E-state index is -0.651. The fourth-order valence-electron chi connectivity index (χ4n) is 3.52. The van der Waals surface area contributed by atoms with Gasteiger partial charge in [0.1, 0.15) is 5.69 Å². The third-order valence-electron chi connectivity index (χ3n) is 5.12. The fraction of sp³-hybridized carbons (Fsp3) is 0.182. The molecule has 168 valence electrons. The van der Waals surface area contributed by atoms with Gasteiger partial charge in [-0.15, -0.1) is 5.10 Å². The number of anilines is 1. The first-order valence-corrected chi connectivity index (χ1v) is 10.8. The highest BCUT2D eigenvalue weighted by molar-refractivity contribution is 8.18. The molecule has 0 spiro atoms. The van der Waals surface area contributed by atoms with E-state index in [-0.39, 0.29) is 15.8 Å². The molecule has 4 rings (SSSR count). The molecular formula is C22H19N5O5S. The first-order valence-electron chi connectivity index (χ1n) is 9.94. The number of methoxy groups -OCH3 is 1. The average Bonchev–Trinajstić information content (AvgIpc) is 3.17. The number of thioether (sulfide) groups is 1. The Balaban J connectivity index is 1.50. The van der Waals surface area contributed by atoms with Gasteiger partial charge in [-0.05, 0) is 35.4 Å². The molecule has 2 heterocycles. The highest BCUT2D eigenvalue weighted by atomic mass is 32.2. The number of nitro benzene ring substituents is 1. The lowest BCUT2D eigenvalue weighted by Crippen LogP contribution is -2.30. The summed E-state index contributed by atoms with van der Waals surface area (Å²) in [5, 5.41) is 22.2. The van der Waals surface area contributed by atoms with Crippen LogP contribution in [0.5, 0.6) is 0 Å². The molecule has 33 heavy (non-hydrogen) atoms. The summed E-state index contributed by atoms with van der Waals surface area (Å²) in [6.07, 6.45) is 3.25. The molecule has 1 fully saturated rings. The summed E-state index contributed by atoms with van der Waals surface area (Å²) in [5.41, 5.74) is 3.45. The molecule has 2 aromatic rings. The number of carbonyl (C=O) groups is 2. The molecule has 1 amide bonds. The van der Waals surface area contributed by atoms with Crippen molar-refractivity contribution >= 4 is 46.4 Å². The number of hydrogen-bond acceptors (Lipinski definition) is 9. The van der Waals surface area contributed by atoms with Crippen LogP contribution < -0.4 is 10.2 Å². The Morgan fingerprint density at radius 3 is 2.82 bits per heavy atom. The van der Waals surface area contributed by atoms with Crippen molar-refractivity contribution < 1.29 is 19.2 Å². The highest BCUT2D eigenvalue weighted by Gasteiger charge is 2.25. The summed E-state index contributed by atoms with van der Waals surface area (Å²) < 4.78 is 4.50. The second-order valence-corrected chi connectivity index (χ2v) is 8.21. The maximum atomic E-state index is 11.8. The topological polar surface area (TPSA) is 126 Å². The molecule has 0 aromatic heterocycles. The molecular weight excluding hydrogens is 446 g/mol. The average molecular weight is 465 g/mol. The molecule has 0 unspecified atom stereocenters. The number of nitrogens with zero attached hydrogens (tertiary/aromatic N) is 4. The van der Waals surface area contributed by atoms with E-state index in [9.17, 15) is 19.7 Å². The third-order valence-corrected chi connectivity index (χ3v) is 6.02. The van der Waals surface area contributed by atoms with Crippen molar-refractivity contribution in [2.45, 2.75) is 13.0 Å². The first-order chi connectivity index (χ1) is 15.9. The minimum Gasteiger partial charge on any atom is -0.466 e. The minimum absolute atomic E-state index is 0.0159. The molecule has 11 heteroatoms. The van der Waals surface area contributed by atoms with Crippen LogP contribution in [0.25, 0.3) is 0 Å². The van der Waals surface area contributed by atoms with Gasteiger partial charge in [-0.2, -0.15) is 5.10 Å². The van der Waals surface area contributed by atoms with Crippen LogP contribution in [0.4, 0.5) is 11.4 Å². The summed E-state index contributed by atoms with van der Waals surface area (Å²) in [6.45, 7) is 1.30. The number of nitro groups is 1. The molecule has 0 bridgehead atoms. The summed E-state index contributed by atoms with van der Waals surface area (Å²) in [5.74, 6) is -1.13. The second-order valence-electron chi connectivity index (χ2n) is 7.18. The predicted octanol–water partition coefficient (Wildman–Crippen LogP) is 2.77. The Labute approximate surface area is 193 Å². The van der Waals surface area contributed by atoms with E-state index in [0.29, 0.717) is 24.3 Å². The lowest BCUT2D eigenvalue weighted by Gasteiger charge is -2.30. The molecule has 2 aromatic carbocycles. The van der Waals surface area contributed by atoms with Crippen LogP contribution in [-0.2, 0) is 27.3 Å². The molecule has 2 aliphatic rings. The lowest BCUT2D eigenvalue weighted by atomic mass is 9.99. The number of fused-ring (bicyclic) bond motifs is 1. The van der Waals surface area contributed by atoms with Crippen LogP contribution in [0.15, 0.2) is 63.6 Å². The summed E-state index contributed by atoms with van der Waals surface area (Å²) in [7, 11) is 1.21. The van der Waals surface area contributed by atoms with Gasteiger partial charge in [-0.3, -0.25) is 20.2 Å². The number of ether oxygens (including phenoxy) is 1. The molecule has 0 saturated carbocycles. The lowest BCUT2D eigenvalue weighted by molar-refractivity contribution is -0.384. The third kappa shape index (κ3) is 5.09. The molecule has 1 N–H and O–H groups in total. The summed E-state index contributed by atoms with van der Waals surface area (Å²) >= 11 is 0.942. The molecule has 0 radical (unpaired) electrons. The number of rotatable bonds is 5. The van der Waals surface area contributed by atoms with Gasteiger partial charge < -0.3 is 9.64 Å². The number of hydrogen-bond donors (Lipinski definition) is 1. The van der Waals surface area contributed by atoms with Crippen LogP contribution >= 0.6 is 11.8 Å². The van der Waals surface area contributed by atoms with Gasteiger partial charge in [0.25, 0.3) is 11.6 Å². The normalized spacial score (nSPS) is 18.0. The van der Waals surface area contributed by atoms with Gasteiger partial charge in [0.05, 0.1) is 23.2 Å². The van der Waals surface area contributed by atoms with Gasteiger partial charge in [0, 0.05) is 30.8 Å². The van der Waals surface area contributed by atoms with E-state index in [1.165, 1.54) is 25.0 Å². The smallest absolute Gasteiger partial charge is 0.331 e. The van der Waals surface area contributed by atoms with Crippen LogP contribution in [0.2, 0.25) is 0 Å². The number of carbonyl (C=O) groups excluding carboxylic acids is 2. The SMILES string of the molecule is COC(=O)/C=C1/S/C(=N\N=Cc2ccc(N3CCc4ccccc4C3)c([N+](=O)[O-])c2)NC1=O. The van der Waals surface area contributed by atoms with Crippen molar-refractivity contribution in [1.29, 1.82) is 0 Å². The van der Waals surface area contributed by atoms with Crippen LogP contribution in [0.1, 0.15) is 16.7 Å². The van der Waals surface area contributed by atoms with E-state index in [1.54, 1.807) is 12.1 Å². The van der Waals surface area contributed by atoms with Crippen molar-refractivity contribution in [2.24, 2.45) is 10.2 Å². The van der Waals surface area contributed by atoms with Gasteiger partial charge >= 0.3 is 5.97 Å². The number of benzene rings is 2. The van der Waals surface area contributed by atoms with Gasteiger partial charge in [-0.25, -0.2) is 4.79 Å². The quantitative estimate of drug-likeness (QED) is 0.236. The number of nitrogens with one attached hydrogen (secondary N) is 1. The van der Waals surface area contributed by atoms with E-state index in [4.69, 9.17) is 0 Å². The Morgan fingerprint density at radius 2 is 2.06 bits per heavy atom. The monoisotopic (exact) mass is 465 g/mol. The van der Waals surface area contributed by atoms with E-state index in [1.807, 2.05) is 23.1 Å². The first kappa shape index (κ1) is 22.2. The molecule has 0 atom stereocenters. The van der Waals surface area contributed by atoms with E-state index in [0.717, 1.165) is 29.8 Å². The van der Waals surface area contributed by atoms with Crippen LogP contribution in [-0.4, -0.2) is 41.8 Å². The van der Waals surface area contributed by atoms with Crippen molar-refractivity contribution in [2.75, 3.05) is 18.6 Å². The fourth-order valence-corrected chi connectivity index (χ4v) is 4.26. The number of esters is 1. The summed E-state index contributed by atoms with van der Waals surface area (Å²) in [4.78, 5) is 36.6. The number of amidine groups is 1. The van der Waals surface area contributed by atoms with Crippen LogP contribution in [0, 0.1) is 10.1 Å². The van der Waals surface area contributed by atoms with Gasteiger partial charge in [-0.1, -0.05) is 30.3 Å². The number of amides is 1. The van der Waals surface area contributed by atoms with Crippen molar-refractivity contribution in [3.8, 4) is 0 Å². The highest BCUT2D eigenvalue weighted by Crippen LogP contribution is 2.32. The van der Waals surface area contributed by atoms with Gasteiger partial charge in [0.15, 0.2) is 5.17 Å². The molecule has 10 nitrogen and oxygen atoms in total. The Hall–Kier alpha value is -3.99. The predicted molar refractivity (Wildman–Crippen MR) is 125 cm³/mol. The molecule has 0 aliphatic carbocycles. The standard InChI is InChI=1S/C22H19N5O5S/c1-32-20(28)11-19-21(29)24-22(33-19)25-23-12-14-6-7-17(18(10-14)27(30)31)26-9-8-15-4-2-3-5-16(15)13-26/h2-7,10-12H,8-9,13H2,1H3,(H,24,25,29)/b19-11+,23-12?. The van der Waals surface area contributed by atoms with Crippen molar-refractivity contribution in [3.63, 3.8) is 0 Å². The largest absolute Gasteiger partial charge is 0.466 e. The molecule has 2 aliphatic heterocycles. The second kappa shape index (κ2) is 9.65. The van der Waals surface area contributed by atoms with E-state index >= 15 is 0 Å². The van der Waals surface area contributed by atoms with Crippen molar-refractivity contribution in [3.05, 3.63) is 80.3 Å². The van der Waals surface area contributed by atoms with Crippen molar-refractivity contribution in [1.82, 2.24) is 5.32 Å². The Bertz CT molecular complexity index is 1220. The molecule has 1 saturated heterocycles. The van der Waals surface area contributed by atoms with E-state index < -0.39 is 16.8 Å². The van der Waals surface area contributed by atoms with E-state index in [2.05, 4.69) is 26.3 Å². The van der Waals surface area contributed by atoms with Crippen LogP contribution in [0.3, 0.4) is 0 Å². The maximum Gasteiger partial charge on any atom is 0.331 e. The zero-order chi connectivity index (χ0) is 23.4. The summed E-state index contributed by atoms with van der Waals surface area (Å²) in [6, 6.07) is 13.0. The Morgan fingerprint density at radius 1 is 1.27 bits per heavy atom. The maximum absolute atomic E-state index is 11.8. The zero-order valence-corrected chi connectivity index (χ0v) is 18.4. The Kier molecular flexibility index (Phi) is 6.50. The van der Waals surface area contributed by atoms with Gasteiger partial charge in [0.2, 0.25) is 0 Å². The zero-order valence-electron chi connectivity index (χ0n) is 17.6.